The van der Waals surface area contributed by atoms with Gasteiger partial charge >= 0.3 is 0 Å². The predicted molar refractivity (Wildman–Crippen MR) is 104 cm³/mol. The lowest BCUT2D eigenvalue weighted by atomic mass is 10.1. The quantitative estimate of drug-likeness (QED) is 0.465. The molecule has 2 heterocycles. The van der Waals surface area contributed by atoms with Gasteiger partial charge in [0.2, 0.25) is 16.2 Å². The second-order valence-corrected chi connectivity index (χ2v) is 8.00. The van der Waals surface area contributed by atoms with E-state index in [-0.39, 0.29) is 17.1 Å². The zero-order chi connectivity index (χ0) is 20.3. The van der Waals surface area contributed by atoms with Gasteiger partial charge < -0.3 is 11.1 Å². The van der Waals surface area contributed by atoms with Crippen LogP contribution in [0.3, 0.4) is 0 Å². The van der Waals surface area contributed by atoms with Gasteiger partial charge in [-0.1, -0.05) is 12.1 Å². The first-order chi connectivity index (χ1) is 13.3. The predicted octanol–water partition coefficient (Wildman–Crippen LogP) is 1.20. The van der Waals surface area contributed by atoms with E-state index in [0.717, 1.165) is 5.69 Å². The number of benzene rings is 1. The van der Waals surface area contributed by atoms with Crippen molar-refractivity contribution < 1.29 is 18.2 Å². The van der Waals surface area contributed by atoms with Crippen molar-refractivity contribution in [3.8, 4) is 11.3 Å². The summed E-state index contributed by atoms with van der Waals surface area (Å²) in [7, 11) is -3.37. The largest absolute Gasteiger partial charge is 0.365 e. The van der Waals surface area contributed by atoms with E-state index in [9.17, 15) is 13.2 Å². The van der Waals surface area contributed by atoms with Crippen LogP contribution >= 0.6 is 0 Å². The van der Waals surface area contributed by atoms with E-state index in [1.54, 1.807) is 43.6 Å². The summed E-state index contributed by atoms with van der Waals surface area (Å²) in [6.45, 7) is 3.37. The highest BCUT2D eigenvalue weighted by Crippen LogP contribution is 2.29. The minimum atomic E-state index is -3.37. The number of hydrogen-bond acceptors (Lipinski definition) is 6. The van der Waals surface area contributed by atoms with Gasteiger partial charge in [0, 0.05) is 11.3 Å². The van der Waals surface area contributed by atoms with Crippen molar-refractivity contribution in [1.29, 1.82) is 0 Å². The molecule has 28 heavy (non-hydrogen) atoms. The Hall–Kier alpha value is -3.47. The van der Waals surface area contributed by atoms with E-state index in [0.29, 0.717) is 22.8 Å². The molecule has 0 saturated carbocycles. The maximum absolute atomic E-state index is 12.0. The average molecular weight is 402 g/mol. The Morgan fingerprint density at radius 2 is 1.96 bits per heavy atom. The Kier molecular flexibility index (Phi) is 5.27. The lowest BCUT2D eigenvalue weighted by Crippen LogP contribution is -2.15. The molecule has 0 saturated heterocycles. The van der Waals surface area contributed by atoms with E-state index < -0.39 is 15.9 Å². The number of primary amides is 1. The lowest BCUT2D eigenvalue weighted by Gasteiger charge is -2.07. The second-order valence-electron chi connectivity index (χ2n) is 5.99. The Labute approximate surface area is 161 Å². The van der Waals surface area contributed by atoms with Crippen LogP contribution in [0, 0.1) is 6.92 Å². The third-order valence-electron chi connectivity index (χ3n) is 3.90. The summed E-state index contributed by atoms with van der Waals surface area (Å²) < 4.78 is 25.8. The number of aromatic nitrogens is 4. The number of rotatable bonds is 7. The van der Waals surface area contributed by atoms with Crippen LogP contribution in [-0.2, 0) is 10.0 Å². The summed E-state index contributed by atoms with van der Waals surface area (Å²) >= 11 is 0. The Morgan fingerprint density at radius 1 is 1.25 bits per heavy atom. The van der Waals surface area contributed by atoms with Gasteiger partial charge in [0.1, 0.15) is 11.3 Å². The number of nitrogens with zero attached hydrogens (tertiary/aromatic N) is 2. The van der Waals surface area contributed by atoms with Crippen LogP contribution < -0.4 is 20.8 Å². The summed E-state index contributed by atoms with van der Waals surface area (Å²) in [6, 6.07) is 6.52. The Balaban J connectivity index is 1.92. The summed E-state index contributed by atoms with van der Waals surface area (Å²) in [6.07, 6.45) is 3.35. The molecule has 1 amide bonds. The van der Waals surface area contributed by atoms with Gasteiger partial charge in [-0.05, 0) is 26.0 Å². The van der Waals surface area contributed by atoms with Gasteiger partial charge in [0.15, 0.2) is 17.8 Å². The molecule has 3 rings (SSSR count). The molecule has 1 aromatic carbocycles. The van der Waals surface area contributed by atoms with Gasteiger partial charge in [0.05, 0.1) is 11.4 Å². The molecule has 0 aliphatic rings. The molecule has 0 unspecified atom stereocenters. The van der Waals surface area contributed by atoms with Gasteiger partial charge in [-0.3, -0.25) is 14.6 Å². The van der Waals surface area contributed by atoms with E-state index in [1.807, 2.05) is 6.92 Å². The topological polar surface area (TPSA) is 157 Å². The maximum Gasteiger partial charge on any atom is 0.254 e. The first kappa shape index (κ1) is 19.3. The van der Waals surface area contributed by atoms with Crippen molar-refractivity contribution in [2.24, 2.45) is 5.73 Å². The van der Waals surface area contributed by atoms with Gasteiger partial charge in [0.25, 0.3) is 5.91 Å². The van der Waals surface area contributed by atoms with Crippen LogP contribution in [0.1, 0.15) is 23.0 Å². The molecular formula is C17H20N7O3S+. The smallest absolute Gasteiger partial charge is 0.254 e. The number of amides is 1. The molecule has 146 valence electrons. The number of aryl methyl sites for hydroxylation is 1. The van der Waals surface area contributed by atoms with Gasteiger partial charge in [-0.15, -0.1) is 0 Å². The monoisotopic (exact) mass is 402 g/mol. The van der Waals surface area contributed by atoms with Crippen molar-refractivity contribution in [2.75, 3.05) is 15.8 Å². The van der Waals surface area contributed by atoms with E-state index in [1.165, 1.54) is 0 Å². The second kappa shape index (κ2) is 7.64. The molecule has 3 aromatic rings. The first-order valence-corrected chi connectivity index (χ1v) is 10.0. The highest BCUT2D eigenvalue weighted by atomic mass is 32.2. The summed E-state index contributed by atoms with van der Waals surface area (Å²) in [4.78, 5) is 19.3. The number of sulfonamides is 1. The highest BCUT2D eigenvalue weighted by Gasteiger charge is 2.20. The normalized spacial score (nSPS) is 11.2. The molecule has 0 aliphatic heterocycles. The number of hydrogen-bond donors (Lipinski definition) is 4. The number of nitrogens with two attached hydrogens (primary N) is 1. The number of nitrogens with one attached hydrogen (secondary N) is 4. The van der Waals surface area contributed by atoms with Crippen LogP contribution in [0.15, 0.2) is 36.7 Å². The number of aromatic amines is 2. The molecule has 0 fully saturated rings. The van der Waals surface area contributed by atoms with Crippen molar-refractivity contribution in [1.82, 2.24) is 15.2 Å². The molecule has 0 atom stereocenters. The Morgan fingerprint density at radius 3 is 2.57 bits per heavy atom. The molecule has 0 radical (unpaired) electrons. The molecule has 2 aromatic heterocycles. The minimum Gasteiger partial charge on any atom is -0.365 e. The highest BCUT2D eigenvalue weighted by molar-refractivity contribution is 7.92. The van der Waals surface area contributed by atoms with Crippen molar-refractivity contribution >= 4 is 33.3 Å². The Bertz CT molecular complexity index is 1110. The van der Waals surface area contributed by atoms with E-state index in [4.69, 9.17) is 5.73 Å². The fourth-order valence-corrected chi connectivity index (χ4v) is 3.16. The number of carbonyl (C=O) groups is 1. The molecule has 6 N–H and O–H groups in total. The maximum atomic E-state index is 12.0. The number of anilines is 3. The fraction of sp³-hybridized carbons (Fsp3) is 0.176. The number of H-pyrrole nitrogens is 2. The molecule has 11 heteroatoms. The number of carbonyl (C=O) groups excluding carboxylic acids is 1. The van der Waals surface area contributed by atoms with E-state index in [2.05, 4.69) is 30.2 Å². The third-order valence-corrected chi connectivity index (χ3v) is 5.20. The molecule has 10 nitrogen and oxygen atoms in total. The first-order valence-electron chi connectivity index (χ1n) is 8.40. The van der Waals surface area contributed by atoms with Crippen LogP contribution in [0.5, 0.6) is 0 Å². The minimum absolute atomic E-state index is 0.0272. The van der Waals surface area contributed by atoms with Crippen LogP contribution in [0.2, 0.25) is 0 Å². The summed E-state index contributed by atoms with van der Waals surface area (Å²) in [5.74, 6) is 0.0221. The molecule has 0 bridgehead atoms. The summed E-state index contributed by atoms with van der Waals surface area (Å²) in [5.41, 5.74) is 7.94. The van der Waals surface area contributed by atoms with E-state index >= 15 is 0 Å². The van der Waals surface area contributed by atoms with Crippen LogP contribution in [0.25, 0.3) is 11.3 Å². The lowest BCUT2D eigenvalue weighted by molar-refractivity contribution is -0.378. The zero-order valence-corrected chi connectivity index (χ0v) is 16.1. The average Bonchev–Trinajstić information content (AvgIpc) is 3.06. The molecule has 0 spiro atoms. The standard InChI is InChI=1S/C17H19N7O3S/c1-3-28(26,27)24-12-6-4-11(5-7-12)15-14(16(18)25)17(23-22-15)21-13-9-19-8-10(2)20-13/h4-9,24H,3H2,1-2H3,(H2,18,25)(H2,20,21,22,23)/p+1. The molecular weight excluding hydrogens is 382 g/mol. The van der Waals surface area contributed by atoms with Crippen molar-refractivity contribution in [3.63, 3.8) is 0 Å². The van der Waals surface area contributed by atoms with Gasteiger partial charge in [-0.25, -0.2) is 18.4 Å². The third kappa shape index (κ3) is 4.26. The summed E-state index contributed by atoms with van der Waals surface area (Å²) in [5, 5.41) is 9.88. The van der Waals surface area contributed by atoms with Gasteiger partial charge in [-0.2, -0.15) is 5.10 Å². The SMILES string of the molecule is CCS(=O)(=O)Nc1ccc(-c2[nH]nc(Nc3c[nH+]cc(C)n3)c2C(N)=O)cc1. The van der Waals surface area contributed by atoms with Crippen molar-refractivity contribution in [2.45, 2.75) is 13.8 Å². The van der Waals surface area contributed by atoms with Crippen LogP contribution in [0.4, 0.5) is 17.3 Å². The molecule has 0 aliphatic carbocycles. The van der Waals surface area contributed by atoms with Crippen LogP contribution in [-0.4, -0.2) is 35.3 Å². The fourth-order valence-electron chi connectivity index (χ4n) is 2.52. The van der Waals surface area contributed by atoms with Crippen molar-refractivity contribution in [3.05, 3.63) is 47.9 Å². The zero-order valence-electron chi connectivity index (χ0n) is 15.3.